The molecule has 9 heteroatoms. The summed E-state index contributed by atoms with van der Waals surface area (Å²) in [5.74, 6) is 0. The molecule has 68 valence electrons. The first-order valence-electron chi connectivity index (χ1n) is 2.17. The van der Waals surface area contributed by atoms with Crippen LogP contribution in [0.15, 0.2) is 0 Å². The van der Waals surface area contributed by atoms with E-state index < -0.39 is 20.9 Å². The van der Waals surface area contributed by atoms with Gasteiger partial charge in [0.25, 0.3) is 6.43 Å². The zero-order valence-corrected chi connectivity index (χ0v) is 7.36. The molecule has 1 atom stereocenters. The van der Waals surface area contributed by atoms with E-state index >= 15 is 0 Å². The van der Waals surface area contributed by atoms with E-state index in [2.05, 4.69) is 29.1 Å². The summed E-state index contributed by atoms with van der Waals surface area (Å²) in [6.45, 7) is -1.23. The minimum atomic E-state index is -4.47. The molecule has 1 unspecified atom stereocenters. The molecule has 0 aliphatic carbocycles. The lowest BCUT2D eigenvalue weighted by Crippen LogP contribution is -2.02. The maximum absolute atomic E-state index is 11.3. The van der Waals surface area contributed by atoms with Crippen LogP contribution in [0, 0.1) is 0 Å². The van der Waals surface area contributed by atoms with Crippen molar-refractivity contribution in [2.45, 2.75) is 6.43 Å². The molecule has 0 spiro atoms. The summed E-state index contributed by atoms with van der Waals surface area (Å²) in [5.41, 5.74) is 0. The van der Waals surface area contributed by atoms with Crippen LogP contribution in [0.5, 0.6) is 0 Å². The van der Waals surface area contributed by atoms with Gasteiger partial charge in [-0.25, -0.2) is 17.0 Å². The standard InChI is InChI=1S/C2H3BrF3O4P/c3-9-11(7,10-6)8-1-2(4)5/h2H,1H2. The van der Waals surface area contributed by atoms with Gasteiger partial charge in [0, 0.05) is 0 Å². The Labute approximate surface area is 68.6 Å². The molecule has 0 bridgehead atoms. The van der Waals surface area contributed by atoms with E-state index in [9.17, 15) is 17.9 Å². The Balaban J connectivity index is 3.79. The monoisotopic (exact) mass is 258 g/mol. The smallest absolute Gasteiger partial charge is 0.279 e. The van der Waals surface area contributed by atoms with Gasteiger partial charge >= 0.3 is 7.82 Å². The van der Waals surface area contributed by atoms with Crippen LogP contribution in [-0.4, -0.2) is 13.0 Å². The van der Waals surface area contributed by atoms with Crippen molar-refractivity contribution < 1.29 is 30.7 Å². The van der Waals surface area contributed by atoms with Crippen LogP contribution in [-0.2, 0) is 17.4 Å². The average molecular weight is 259 g/mol. The van der Waals surface area contributed by atoms with Gasteiger partial charge in [-0.05, 0) is 4.53 Å². The Morgan fingerprint density at radius 3 is 2.36 bits per heavy atom. The molecule has 0 amide bonds. The lowest BCUT2D eigenvalue weighted by Gasteiger charge is -2.07. The molecule has 0 heterocycles. The summed E-state index contributed by atoms with van der Waals surface area (Å²) in [6, 6.07) is 0. The highest BCUT2D eigenvalue weighted by atomic mass is 79.9. The van der Waals surface area contributed by atoms with E-state index in [0.29, 0.717) is 0 Å². The number of hydrogen-bond acceptors (Lipinski definition) is 4. The molecule has 0 aromatic carbocycles. The fourth-order valence-electron chi connectivity index (χ4n) is 0.198. The van der Waals surface area contributed by atoms with Crippen molar-refractivity contribution in [2.75, 3.05) is 6.61 Å². The maximum atomic E-state index is 11.3. The van der Waals surface area contributed by atoms with Crippen molar-refractivity contribution in [1.82, 2.24) is 0 Å². The van der Waals surface area contributed by atoms with Crippen LogP contribution in [0.3, 0.4) is 0 Å². The second kappa shape index (κ2) is 5.10. The van der Waals surface area contributed by atoms with Crippen LogP contribution in [0.2, 0.25) is 0 Å². The fraction of sp³-hybridized carbons (Fsp3) is 1.00. The van der Waals surface area contributed by atoms with Gasteiger partial charge in [0.1, 0.15) is 22.9 Å². The van der Waals surface area contributed by atoms with Crippen molar-refractivity contribution in [3.8, 4) is 0 Å². The van der Waals surface area contributed by atoms with E-state index in [1.54, 1.807) is 0 Å². The SMILES string of the molecule is O=P(OF)(OBr)OCC(F)F. The fourth-order valence-corrected chi connectivity index (χ4v) is 0.979. The van der Waals surface area contributed by atoms with Crippen molar-refractivity contribution in [2.24, 2.45) is 0 Å². The van der Waals surface area contributed by atoms with Crippen molar-refractivity contribution in [1.29, 1.82) is 0 Å². The van der Waals surface area contributed by atoms with Gasteiger partial charge in [-0.3, -0.25) is 4.52 Å². The lowest BCUT2D eigenvalue weighted by atomic mass is 10.8. The first-order chi connectivity index (χ1) is 5.04. The largest absolute Gasteiger partial charge is 0.517 e. The molecule has 0 aliphatic rings. The van der Waals surface area contributed by atoms with Gasteiger partial charge in [-0.2, -0.15) is 0 Å². The molecule has 0 saturated heterocycles. The van der Waals surface area contributed by atoms with E-state index in [-0.39, 0.29) is 0 Å². The summed E-state index contributed by atoms with van der Waals surface area (Å²) in [5, 5.41) is 0. The Hall–Kier alpha value is 0.380. The number of phosphoric acid groups is 1. The Bertz CT molecular complexity index is 146. The van der Waals surface area contributed by atoms with E-state index in [0.717, 1.165) is 0 Å². The lowest BCUT2D eigenvalue weighted by molar-refractivity contribution is -0.0510. The molecule has 11 heavy (non-hydrogen) atoms. The highest BCUT2D eigenvalue weighted by molar-refractivity contribution is 9.06. The summed E-state index contributed by atoms with van der Waals surface area (Å²) in [7, 11) is -4.47. The average Bonchev–Trinajstić information content (AvgIpc) is 2.00. The molecule has 0 saturated carbocycles. The number of halogens is 4. The second-order valence-electron chi connectivity index (χ2n) is 1.27. The first-order valence-corrected chi connectivity index (χ1v) is 4.28. The summed E-state index contributed by atoms with van der Waals surface area (Å²) < 4.78 is 54.4. The highest BCUT2D eigenvalue weighted by Gasteiger charge is 2.29. The van der Waals surface area contributed by atoms with Crippen molar-refractivity contribution >= 4 is 24.1 Å². The van der Waals surface area contributed by atoms with E-state index in [1.807, 2.05) is 0 Å². The number of alkyl halides is 2. The zero-order chi connectivity index (χ0) is 8.91. The van der Waals surface area contributed by atoms with Gasteiger partial charge < -0.3 is 0 Å². The minimum Gasteiger partial charge on any atom is -0.279 e. The van der Waals surface area contributed by atoms with Crippen LogP contribution >= 0.6 is 24.1 Å². The van der Waals surface area contributed by atoms with Gasteiger partial charge in [0.15, 0.2) is 0 Å². The summed E-state index contributed by atoms with van der Waals surface area (Å²) in [4.78, 5) is 0. The Morgan fingerprint density at radius 1 is 1.55 bits per heavy atom. The highest BCUT2D eigenvalue weighted by Crippen LogP contribution is 2.51. The second-order valence-corrected chi connectivity index (χ2v) is 3.57. The Kier molecular flexibility index (Phi) is 5.28. The van der Waals surface area contributed by atoms with E-state index in [4.69, 9.17) is 0 Å². The van der Waals surface area contributed by atoms with Gasteiger partial charge in [0.05, 0.1) is 0 Å². The summed E-state index contributed by atoms with van der Waals surface area (Å²) in [6.07, 6.45) is -2.87. The molecule has 0 rings (SSSR count). The molecule has 0 aromatic rings. The Morgan fingerprint density at radius 2 is 2.09 bits per heavy atom. The first kappa shape index (κ1) is 11.4. The third-order valence-corrected chi connectivity index (χ3v) is 2.39. The van der Waals surface area contributed by atoms with Gasteiger partial charge in [-0.1, -0.05) is 4.73 Å². The van der Waals surface area contributed by atoms with Crippen molar-refractivity contribution in [3.63, 3.8) is 0 Å². The topological polar surface area (TPSA) is 44.8 Å². The molecular formula is C2H3BrF3O4P. The van der Waals surface area contributed by atoms with Crippen LogP contribution in [0.1, 0.15) is 0 Å². The molecule has 0 aromatic heterocycles. The molecule has 0 aliphatic heterocycles. The molecule has 0 fully saturated rings. The zero-order valence-electron chi connectivity index (χ0n) is 4.88. The molecule has 0 radical (unpaired) electrons. The number of hydrogen-bond donors (Lipinski definition) is 0. The predicted molar refractivity (Wildman–Crippen MR) is 31.8 cm³/mol. The van der Waals surface area contributed by atoms with E-state index in [1.165, 1.54) is 0 Å². The summed E-state index contributed by atoms with van der Waals surface area (Å²) >= 11 is 2.08. The third-order valence-electron chi connectivity index (χ3n) is 0.528. The van der Waals surface area contributed by atoms with Crippen LogP contribution in [0.4, 0.5) is 13.3 Å². The minimum absolute atomic E-state index is 1.23. The van der Waals surface area contributed by atoms with Crippen LogP contribution in [0.25, 0.3) is 0 Å². The van der Waals surface area contributed by atoms with Crippen molar-refractivity contribution in [3.05, 3.63) is 0 Å². The quantitative estimate of drug-likeness (QED) is 0.712. The molecule has 4 nitrogen and oxygen atoms in total. The third kappa shape index (κ3) is 4.76. The predicted octanol–water partition coefficient (Wildman–Crippen LogP) is 2.60. The maximum Gasteiger partial charge on any atom is 0.517 e. The number of rotatable bonds is 5. The van der Waals surface area contributed by atoms with Crippen LogP contribution < -0.4 is 0 Å². The normalized spacial score (nSPS) is 16.8. The molecule has 0 N–H and O–H groups in total. The molecular weight excluding hydrogens is 256 g/mol. The van der Waals surface area contributed by atoms with Gasteiger partial charge in [-0.15, -0.1) is 0 Å². The van der Waals surface area contributed by atoms with Gasteiger partial charge in [0.2, 0.25) is 0 Å².